The molecule has 0 saturated carbocycles. The average molecular weight is 439 g/mol. The molecule has 1 amide bonds. The van der Waals surface area contributed by atoms with Gasteiger partial charge in [-0.2, -0.15) is 23.0 Å². The van der Waals surface area contributed by atoms with Crippen molar-refractivity contribution < 1.29 is 26.9 Å². The third kappa shape index (κ3) is 5.68. The summed E-state index contributed by atoms with van der Waals surface area (Å²) in [4.78, 5) is 13.9. The predicted octanol–water partition coefficient (Wildman–Crippen LogP) is 2.46. The first kappa shape index (κ1) is 22.2. The molecular formula is C16H18ClF3N4O3S. The van der Waals surface area contributed by atoms with Crippen LogP contribution < -0.4 is 9.63 Å². The first-order valence-corrected chi connectivity index (χ1v) is 10.1. The molecule has 154 valence electrons. The van der Waals surface area contributed by atoms with Crippen LogP contribution in [0.1, 0.15) is 13.8 Å². The lowest BCUT2D eigenvalue weighted by atomic mass is 10.2. The Kier molecular flexibility index (Phi) is 7.05. The molecule has 0 aliphatic heterocycles. The van der Waals surface area contributed by atoms with Crippen molar-refractivity contribution in [1.29, 1.82) is 0 Å². The standard InChI is InChI=1S/C16H18ClF3N4O3S/c1-3-23(15(25)11(2)9-28(27)10-16(18,19)20)13-8-24(21-14(13)17)12-5-4-6-22(26)7-12/h4-8,11H,3,9-10H2,1-2H3. The topological polar surface area (TPSA) is 82.1 Å². The maximum atomic E-state index is 12.7. The summed E-state index contributed by atoms with van der Waals surface area (Å²) in [6, 6.07) is 3.13. The van der Waals surface area contributed by atoms with Crippen molar-refractivity contribution >= 4 is 34.0 Å². The molecule has 2 unspecified atom stereocenters. The van der Waals surface area contributed by atoms with E-state index in [4.69, 9.17) is 11.6 Å². The Morgan fingerprint density at radius 1 is 1.50 bits per heavy atom. The highest BCUT2D eigenvalue weighted by molar-refractivity contribution is 7.85. The van der Waals surface area contributed by atoms with Gasteiger partial charge in [0.15, 0.2) is 11.3 Å². The van der Waals surface area contributed by atoms with Gasteiger partial charge in [-0.1, -0.05) is 18.5 Å². The van der Waals surface area contributed by atoms with Crippen LogP contribution >= 0.6 is 11.6 Å². The van der Waals surface area contributed by atoms with Crippen LogP contribution in [-0.2, 0) is 15.6 Å². The molecule has 12 heteroatoms. The molecule has 0 N–H and O–H groups in total. The average Bonchev–Trinajstić information content (AvgIpc) is 2.95. The largest absolute Gasteiger partial charge is 0.619 e. The highest BCUT2D eigenvalue weighted by Crippen LogP contribution is 2.27. The van der Waals surface area contributed by atoms with Gasteiger partial charge in [0.2, 0.25) is 12.1 Å². The van der Waals surface area contributed by atoms with Gasteiger partial charge in [0.05, 0.1) is 6.20 Å². The van der Waals surface area contributed by atoms with Crippen LogP contribution in [0.15, 0.2) is 30.7 Å². The van der Waals surface area contributed by atoms with E-state index in [1.165, 1.54) is 41.2 Å². The fourth-order valence-electron chi connectivity index (χ4n) is 2.54. The molecule has 2 aromatic rings. The highest BCUT2D eigenvalue weighted by Gasteiger charge is 2.33. The number of aromatic nitrogens is 3. The zero-order chi connectivity index (χ0) is 21.1. The van der Waals surface area contributed by atoms with Crippen molar-refractivity contribution in [2.24, 2.45) is 5.92 Å². The van der Waals surface area contributed by atoms with E-state index < -0.39 is 40.3 Å². The number of alkyl halides is 3. The SMILES string of the molecule is CCN(C(=O)C(C)CS(=O)CC(F)(F)F)c1cn(-c2ccc[n+]([O-])c2)nc1Cl. The molecule has 7 nitrogen and oxygen atoms in total. The van der Waals surface area contributed by atoms with E-state index in [1.807, 2.05) is 0 Å². The van der Waals surface area contributed by atoms with Crippen LogP contribution in [0.4, 0.5) is 18.9 Å². The summed E-state index contributed by atoms with van der Waals surface area (Å²) in [6.45, 7) is 3.26. The summed E-state index contributed by atoms with van der Waals surface area (Å²) in [7, 11) is -2.21. The first-order chi connectivity index (χ1) is 13.0. The van der Waals surface area contributed by atoms with Gasteiger partial charge < -0.3 is 10.1 Å². The van der Waals surface area contributed by atoms with E-state index in [0.29, 0.717) is 10.4 Å². The van der Waals surface area contributed by atoms with Crippen molar-refractivity contribution in [3.63, 3.8) is 0 Å². The lowest BCUT2D eigenvalue weighted by Gasteiger charge is -2.23. The van der Waals surface area contributed by atoms with Gasteiger partial charge in [-0.25, -0.2) is 4.68 Å². The van der Waals surface area contributed by atoms with Crippen LogP contribution in [0.3, 0.4) is 0 Å². The number of carbonyl (C=O) groups is 1. The molecule has 0 spiro atoms. The molecule has 2 aromatic heterocycles. The van der Waals surface area contributed by atoms with Crippen molar-refractivity contribution in [1.82, 2.24) is 9.78 Å². The molecule has 0 aliphatic carbocycles. The summed E-state index contributed by atoms with van der Waals surface area (Å²) in [5.41, 5.74) is 0.650. The Hall–Kier alpha value is -2.14. The van der Waals surface area contributed by atoms with Gasteiger partial charge in [-0.15, -0.1) is 0 Å². The number of amides is 1. The van der Waals surface area contributed by atoms with Crippen LogP contribution in [0.2, 0.25) is 5.15 Å². The molecular weight excluding hydrogens is 421 g/mol. The van der Waals surface area contributed by atoms with Crippen molar-refractivity contribution in [2.75, 3.05) is 23.0 Å². The van der Waals surface area contributed by atoms with Gasteiger partial charge in [-0.3, -0.25) is 9.00 Å². The lowest BCUT2D eigenvalue weighted by molar-refractivity contribution is -0.605. The predicted molar refractivity (Wildman–Crippen MR) is 98.7 cm³/mol. The molecule has 28 heavy (non-hydrogen) atoms. The van der Waals surface area contributed by atoms with E-state index in [0.717, 1.165) is 0 Å². The molecule has 2 heterocycles. The first-order valence-electron chi connectivity index (χ1n) is 8.19. The van der Waals surface area contributed by atoms with Crippen LogP contribution in [-0.4, -0.2) is 44.1 Å². The monoisotopic (exact) mass is 438 g/mol. The normalized spacial score (nSPS) is 13.9. The van der Waals surface area contributed by atoms with Crippen molar-refractivity contribution in [3.05, 3.63) is 41.1 Å². The number of pyridine rings is 1. The summed E-state index contributed by atoms with van der Waals surface area (Å²) >= 11 is 6.13. The molecule has 0 radical (unpaired) electrons. The summed E-state index contributed by atoms with van der Waals surface area (Å²) in [5, 5.41) is 15.5. The van der Waals surface area contributed by atoms with Gasteiger partial charge in [0.25, 0.3) is 0 Å². The minimum absolute atomic E-state index is 0.0138. The number of hydrogen-bond acceptors (Lipinski definition) is 4. The van der Waals surface area contributed by atoms with Gasteiger partial charge in [-0.05, 0) is 13.0 Å². The second-order valence-electron chi connectivity index (χ2n) is 6.02. The quantitative estimate of drug-likeness (QED) is 0.491. The zero-order valence-corrected chi connectivity index (χ0v) is 16.6. The third-order valence-corrected chi connectivity index (χ3v) is 5.52. The van der Waals surface area contributed by atoms with Gasteiger partial charge >= 0.3 is 6.18 Å². The molecule has 0 saturated heterocycles. The number of hydrogen-bond donors (Lipinski definition) is 0. The second-order valence-corrected chi connectivity index (χ2v) is 7.88. The van der Waals surface area contributed by atoms with E-state index in [9.17, 15) is 27.4 Å². The number of carbonyl (C=O) groups excluding carboxylic acids is 1. The van der Waals surface area contributed by atoms with E-state index >= 15 is 0 Å². The summed E-state index contributed by atoms with van der Waals surface area (Å²) < 4.78 is 50.6. The molecule has 0 aliphatic rings. The minimum atomic E-state index is -4.56. The molecule has 0 bridgehead atoms. The Balaban J connectivity index is 2.20. The maximum absolute atomic E-state index is 12.7. The van der Waals surface area contributed by atoms with E-state index in [2.05, 4.69) is 5.10 Å². The molecule has 2 atom stereocenters. The molecule has 0 aromatic carbocycles. The van der Waals surface area contributed by atoms with Crippen LogP contribution in [0.5, 0.6) is 0 Å². The smallest absolute Gasteiger partial charge is 0.400 e. The number of anilines is 1. The fourth-order valence-corrected chi connectivity index (χ4v) is 3.95. The van der Waals surface area contributed by atoms with Gasteiger partial charge in [0.1, 0.15) is 17.1 Å². The Morgan fingerprint density at radius 2 is 2.18 bits per heavy atom. The Labute approximate surface area is 166 Å². The number of halogens is 4. The third-order valence-electron chi connectivity index (χ3n) is 3.73. The number of nitrogens with zero attached hydrogens (tertiary/aromatic N) is 4. The fraction of sp³-hybridized carbons (Fsp3) is 0.438. The van der Waals surface area contributed by atoms with Crippen molar-refractivity contribution in [3.8, 4) is 5.69 Å². The van der Waals surface area contributed by atoms with Crippen LogP contribution in [0.25, 0.3) is 5.69 Å². The number of rotatable bonds is 7. The summed E-state index contributed by atoms with van der Waals surface area (Å²) in [6.07, 6.45) is -0.566. The highest BCUT2D eigenvalue weighted by atomic mass is 35.5. The van der Waals surface area contributed by atoms with E-state index in [-0.39, 0.29) is 17.4 Å². The van der Waals surface area contributed by atoms with Crippen molar-refractivity contribution in [2.45, 2.75) is 20.0 Å². The Bertz CT molecular complexity index is 875. The van der Waals surface area contributed by atoms with Gasteiger partial charge in [0, 0.05) is 35.1 Å². The maximum Gasteiger partial charge on any atom is 0.400 e. The van der Waals surface area contributed by atoms with Crippen LogP contribution in [0, 0.1) is 11.1 Å². The minimum Gasteiger partial charge on any atom is -0.619 e. The zero-order valence-electron chi connectivity index (χ0n) is 15.0. The van der Waals surface area contributed by atoms with E-state index in [1.54, 1.807) is 13.0 Å². The lowest BCUT2D eigenvalue weighted by Crippen LogP contribution is -2.38. The molecule has 2 rings (SSSR count). The summed E-state index contributed by atoms with van der Waals surface area (Å²) in [5.74, 6) is -3.32. The molecule has 0 fully saturated rings. The Morgan fingerprint density at radius 3 is 2.75 bits per heavy atom. The second kappa shape index (κ2) is 8.91.